The van der Waals surface area contributed by atoms with E-state index in [0.29, 0.717) is 12.0 Å². The van der Waals surface area contributed by atoms with Gasteiger partial charge in [0.05, 0.1) is 4.90 Å². The van der Waals surface area contributed by atoms with E-state index >= 15 is 0 Å². The summed E-state index contributed by atoms with van der Waals surface area (Å²) in [6, 6.07) is 4.94. The summed E-state index contributed by atoms with van der Waals surface area (Å²) in [5.74, 6) is 0. The van der Waals surface area contributed by atoms with Gasteiger partial charge in [-0.2, -0.15) is 8.42 Å². The van der Waals surface area contributed by atoms with E-state index in [1.807, 2.05) is 13.8 Å². The Hall–Kier alpha value is -0.870. The fourth-order valence-corrected chi connectivity index (χ4v) is 2.16. The maximum absolute atomic E-state index is 11.0. The van der Waals surface area contributed by atoms with E-state index in [1.165, 1.54) is 6.07 Å². The van der Waals surface area contributed by atoms with Crippen LogP contribution in [0.1, 0.15) is 24.5 Å². The second kappa shape index (κ2) is 4.11. The highest BCUT2D eigenvalue weighted by atomic mass is 32.2. The van der Waals surface area contributed by atoms with Gasteiger partial charge in [-0.05, 0) is 25.0 Å². The van der Waals surface area contributed by atoms with Crippen LogP contribution in [0.3, 0.4) is 0 Å². The normalized spacial score (nSPS) is 11.6. The maximum atomic E-state index is 11.0. The van der Waals surface area contributed by atoms with E-state index in [1.54, 1.807) is 12.1 Å². The van der Waals surface area contributed by atoms with Gasteiger partial charge in [0, 0.05) is 0 Å². The third kappa shape index (κ3) is 2.56. The average molecular weight is 214 g/mol. The first kappa shape index (κ1) is 11.2. The molecule has 4 heteroatoms. The van der Waals surface area contributed by atoms with Crippen LogP contribution < -0.4 is 0 Å². The minimum Gasteiger partial charge on any atom is -0.282 e. The molecule has 0 aliphatic carbocycles. The molecule has 0 saturated carbocycles. The monoisotopic (exact) mass is 214 g/mol. The molecule has 1 aromatic carbocycles. The zero-order valence-corrected chi connectivity index (χ0v) is 9.13. The van der Waals surface area contributed by atoms with Gasteiger partial charge in [-0.15, -0.1) is 0 Å². The molecular formula is C10H14O3S. The van der Waals surface area contributed by atoms with E-state index in [4.69, 9.17) is 4.55 Å². The highest BCUT2D eigenvalue weighted by Crippen LogP contribution is 2.18. The summed E-state index contributed by atoms with van der Waals surface area (Å²) in [7, 11) is -4.07. The highest BCUT2D eigenvalue weighted by Gasteiger charge is 2.14. The molecule has 0 fully saturated rings. The minimum atomic E-state index is -4.07. The first-order valence-corrected chi connectivity index (χ1v) is 5.96. The summed E-state index contributed by atoms with van der Waals surface area (Å²) in [5, 5.41) is 0. The van der Waals surface area contributed by atoms with Gasteiger partial charge >= 0.3 is 0 Å². The van der Waals surface area contributed by atoms with Crippen molar-refractivity contribution in [1.82, 2.24) is 0 Å². The molecular weight excluding hydrogens is 200 g/mol. The van der Waals surface area contributed by atoms with Crippen LogP contribution in [0.15, 0.2) is 23.1 Å². The molecule has 3 nitrogen and oxygen atoms in total. The highest BCUT2D eigenvalue weighted by molar-refractivity contribution is 7.85. The van der Waals surface area contributed by atoms with Crippen LogP contribution in [-0.4, -0.2) is 13.0 Å². The van der Waals surface area contributed by atoms with Crippen molar-refractivity contribution in [3.8, 4) is 0 Å². The number of benzene rings is 1. The molecule has 0 aromatic heterocycles. The van der Waals surface area contributed by atoms with Gasteiger partial charge in [0.2, 0.25) is 0 Å². The fourth-order valence-electron chi connectivity index (χ4n) is 1.42. The van der Waals surface area contributed by atoms with E-state index in [2.05, 4.69) is 0 Å². The Morgan fingerprint density at radius 1 is 1.36 bits per heavy atom. The Balaban J connectivity index is 3.29. The van der Waals surface area contributed by atoms with Crippen LogP contribution in [0, 0.1) is 6.92 Å². The average Bonchev–Trinajstić information content (AvgIpc) is 2.02. The number of rotatable bonds is 3. The lowest BCUT2D eigenvalue weighted by atomic mass is 10.1. The maximum Gasteiger partial charge on any atom is 0.294 e. The third-order valence-electron chi connectivity index (χ3n) is 2.01. The SMILES string of the molecule is CCCc1cc(C)ccc1S(=O)(=O)O. The molecule has 14 heavy (non-hydrogen) atoms. The molecule has 0 bridgehead atoms. The Bertz CT molecular complexity index is 421. The fraction of sp³-hybridized carbons (Fsp3) is 0.400. The van der Waals surface area contributed by atoms with E-state index < -0.39 is 10.1 Å². The molecule has 1 rings (SSSR count). The smallest absolute Gasteiger partial charge is 0.282 e. The van der Waals surface area contributed by atoms with E-state index in [-0.39, 0.29) is 4.90 Å². The van der Waals surface area contributed by atoms with Crippen molar-refractivity contribution in [2.45, 2.75) is 31.6 Å². The molecule has 1 aromatic rings. The first-order valence-electron chi connectivity index (χ1n) is 4.52. The minimum absolute atomic E-state index is 0.0324. The van der Waals surface area contributed by atoms with Gasteiger partial charge < -0.3 is 0 Å². The predicted molar refractivity (Wildman–Crippen MR) is 55.0 cm³/mol. The van der Waals surface area contributed by atoms with Crippen LogP contribution in [0.25, 0.3) is 0 Å². The van der Waals surface area contributed by atoms with Crippen molar-refractivity contribution in [2.75, 3.05) is 0 Å². The summed E-state index contributed by atoms with van der Waals surface area (Å²) in [4.78, 5) is 0.0324. The molecule has 0 aliphatic rings. The van der Waals surface area contributed by atoms with Crippen LogP contribution in [-0.2, 0) is 16.5 Å². The predicted octanol–water partition coefficient (Wildman–Crippen LogP) is 2.19. The largest absolute Gasteiger partial charge is 0.294 e. The van der Waals surface area contributed by atoms with Gasteiger partial charge in [0.25, 0.3) is 10.1 Å². The van der Waals surface area contributed by atoms with Crippen LogP contribution in [0.5, 0.6) is 0 Å². The summed E-state index contributed by atoms with van der Waals surface area (Å²) in [6.45, 7) is 3.86. The summed E-state index contributed by atoms with van der Waals surface area (Å²) >= 11 is 0. The van der Waals surface area contributed by atoms with Crippen molar-refractivity contribution in [3.63, 3.8) is 0 Å². The molecule has 1 N–H and O–H groups in total. The molecule has 0 atom stereocenters. The zero-order valence-electron chi connectivity index (χ0n) is 8.32. The summed E-state index contributed by atoms with van der Waals surface area (Å²) in [6.07, 6.45) is 1.52. The topological polar surface area (TPSA) is 54.4 Å². The summed E-state index contributed by atoms with van der Waals surface area (Å²) < 4.78 is 31.0. The molecule has 0 saturated heterocycles. The number of hydrogen-bond acceptors (Lipinski definition) is 2. The van der Waals surface area contributed by atoms with Crippen molar-refractivity contribution < 1.29 is 13.0 Å². The first-order chi connectivity index (χ1) is 6.45. The molecule has 78 valence electrons. The standard InChI is InChI=1S/C10H14O3S/c1-3-4-9-7-8(2)5-6-10(9)14(11,12)13/h5-7H,3-4H2,1-2H3,(H,11,12,13). The van der Waals surface area contributed by atoms with Crippen LogP contribution in [0.2, 0.25) is 0 Å². The molecule has 0 unspecified atom stereocenters. The Labute approximate surface area is 84.5 Å². The molecule has 0 heterocycles. The Morgan fingerprint density at radius 3 is 2.50 bits per heavy atom. The van der Waals surface area contributed by atoms with E-state index in [9.17, 15) is 8.42 Å². The second-order valence-corrected chi connectivity index (χ2v) is 4.73. The van der Waals surface area contributed by atoms with Gasteiger partial charge in [0.1, 0.15) is 0 Å². The second-order valence-electron chi connectivity index (χ2n) is 3.34. The van der Waals surface area contributed by atoms with Gasteiger partial charge in [-0.25, -0.2) is 0 Å². The Kier molecular flexibility index (Phi) is 3.29. The number of aryl methyl sites for hydroxylation is 2. The lowest BCUT2D eigenvalue weighted by molar-refractivity contribution is 0.482. The lowest BCUT2D eigenvalue weighted by Gasteiger charge is -2.06. The van der Waals surface area contributed by atoms with Crippen LogP contribution in [0.4, 0.5) is 0 Å². The third-order valence-corrected chi connectivity index (χ3v) is 2.97. The molecule has 0 amide bonds. The van der Waals surface area contributed by atoms with Crippen molar-refractivity contribution in [1.29, 1.82) is 0 Å². The van der Waals surface area contributed by atoms with E-state index in [0.717, 1.165) is 12.0 Å². The van der Waals surface area contributed by atoms with Crippen molar-refractivity contribution >= 4 is 10.1 Å². The quantitative estimate of drug-likeness (QED) is 0.785. The Morgan fingerprint density at radius 2 is 2.00 bits per heavy atom. The molecule has 0 spiro atoms. The number of hydrogen-bond donors (Lipinski definition) is 1. The molecule has 0 radical (unpaired) electrons. The van der Waals surface area contributed by atoms with Crippen LogP contribution >= 0.6 is 0 Å². The van der Waals surface area contributed by atoms with Gasteiger partial charge in [0.15, 0.2) is 0 Å². The van der Waals surface area contributed by atoms with Gasteiger partial charge in [-0.3, -0.25) is 4.55 Å². The molecule has 0 aliphatic heterocycles. The van der Waals surface area contributed by atoms with Crippen molar-refractivity contribution in [3.05, 3.63) is 29.3 Å². The van der Waals surface area contributed by atoms with Crippen molar-refractivity contribution in [2.24, 2.45) is 0 Å². The van der Waals surface area contributed by atoms with Gasteiger partial charge in [-0.1, -0.05) is 31.0 Å². The summed E-state index contributed by atoms with van der Waals surface area (Å²) in [5.41, 5.74) is 1.69. The zero-order chi connectivity index (χ0) is 10.8. The lowest BCUT2D eigenvalue weighted by Crippen LogP contribution is -2.03.